The van der Waals surface area contributed by atoms with E-state index in [4.69, 9.17) is 9.47 Å². The van der Waals surface area contributed by atoms with Gasteiger partial charge in [-0.25, -0.2) is 4.68 Å². The van der Waals surface area contributed by atoms with E-state index in [0.29, 0.717) is 12.6 Å². The summed E-state index contributed by atoms with van der Waals surface area (Å²) in [7, 11) is 1.67. The number of rotatable bonds is 6. The molecule has 1 aromatic heterocycles. The fourth-order valence-corrected chi connectivity index (χ4v) is 3.61. The van der Waals surface area contributed by atoms with E-state index in [-0.39, 0.29) is 6.04 Å². The first kappa shape index (κ1) is 18.9. The standard InChI is InChI=1S/C25H22N4O2/c1-30-21-11-7-19(8-12-21)23-15-24(29-25(28-23)26-17-27-29)20-9-13-22(14-10-20)31-16-18-5-3-2-4-6-18/h2-15,17,24H,16H2,1H3,(H,26,27,28)/t24-/m1/s1. The summed E-state index contributed by atoms with van der Waals surface area (Å²) >= 11 is 0. The Morgan fingerprint density at radius 3 is 2.39 bits per heavy atom. The second-order valence-electron chi connectivity index (χ2n) is 7.25. The van der Waals surface area contributed by atoms with Gasteiger partial charge in [0.25, 0.3) is 0 Å². The lowest BCUT2D eigenvalue weighted by molar-refractivity contribution is 0.306. The normalized spacial score (nSPS) is 14.9. The predicted octanol–water partition coefficient (Wildman–Crippen LogP) is 4.92. The first-order valence-corrected chi connectivity index (χ1v) is 10.1. The Hall–Kier alpha value is -4.06. The van der Waals surface area contributed by atoms with E-state index in [1.807, 2.05) is 59.3 Å². The van der Waals surface area contributed by atoms with Crippen molar-refractivity contribution in [3.05, 3.63) is 108 Å². The van der Waals surface area contributed by atoms with Crippen LogP contribution in [-0.2, 0) is 6.61 Å². The van der Waals surface area contributed by atoms with Crippen LogP contribution < -0.4 is 14.8 Å². The lowest BCUT2D eigenvalue weighted by Gasteiger charge is -2.24. The van der Waals surface area contributed by atoms with E-state index in [1.54, 1.807) is 13.4 Å². The van der Waals surface area contributed by atoms with Crippen LogP contribution in [0.5, 0.6) is 11.5 Å². The third-order valence-electron chi connectivity index (χ3n) is 5.28. The molecule has 6 heteroatoms. The van der Waals surface area contributed by atoms with Gasteiger partial charge in [-0.05, 0) is 59.2 Å². The molecule has 0 radical (unpaired) electrons. The van der Waals surface area contributed by atoms with Crippen LogP contribution in [0.4, 0.5) is 5.95 Å². The second kappa shape index (κ2) is 8.36. The predicted molar refractivity (Wildman–Crippen MR) is 120 cm³/mol. The van der Waals surface area contributed by atoms with Gasteiger partial charge in [0.1, 0.15) is 30.5 Å². The zero-order chi connectivity index (χ0) is 21.0. The first-order chi connectivity index (χ1) is 15.3. The molecular weight excluding hydrogens is 388 g/mol. The van der Waals surface area contributed by atoms with Crippen LogP contribution in [0.1, 0.15) is 22.7 Å². The summed E-state index contributed by atoms with van der Waals surface area (Å²) < 4.78 is 13.1. The quantitative estimate of drug-likeness (QED) is 0.489. The summed E-state index contributed by atoms with van der Waals surface area (Å²) in [5.41, 5.74) is 4.29. The highest BCUT2D eigenvalue weighted by molar-refractivity contribution is 5.77. The molecule has 5 rings (SSSR count). The highest BCUT2D eigenvalue weighted by atomic mass is 16.5. The molecule has 1 atom stereocenters. The van der Waals surface area contributed by atoms with Crippen molar-refractivity contribution in [3.63, 3.8) is 0 Å². The third kappa shape index (κ3) is 4.00. The molecule has 0 fully saturated rings. The van der Waals surface area contributed by atoms with Crippen molar-refractivity contribution in [2.45, 2.75) is 12.6 Å². The van der Waals surface area contributed by atoms with Gasteiger partial charge in [-0.3, -0.25) is 0 Å². The number of methoxy groups -OCH3 is 1. The maximum atomic E-state index is 5.93. The van der Waals surface area contributed by atoms with Crippen molar-refractivity contribution in [2.24, 2.45) is 0 Å². The number of hydrogen-bond acceptors (Lipinski definition) is 5. The number of aromatic nitrogens is 3. The molecule has 154 valence electrons. The number of benzene rings is 3. The minimum atomic E-state index is -0.0703. The molecule has 0 unspecified atom stereocenters. The van der Waals surface area contributed by atoms with Crippen LogP contribution in [-0.4, -0.2) is 21.9 Å². The van der Waals surface area contributed by atoms with E-state index in [0.717, 1.165) is 33.9 Å². The highest BCUT2D eigenvalue weighted by Crippen LogP contribution is 2.33. The second-order valence-corrected chi connectivity index (χ2v) is 7.25. The van der Waals surface area contributed by atoms with Gasteiger partial charge in [0.05, 0.1) is 7.11 Å². The zero-order valence-corrected chi connectivity index (χ0v) is 17.1. The van der Waals surface area contributed by atoms with Crippen LogP contribution in [0, 0.1) is 0 Å². The summed E-state index contributed by atoms with van der Waals surface area (Å²) in [4.78, 5) is 4.37. The molecule has 1 aliphatic rings. The summed E-state index contributed by atoms with van der Waals surface area (Å²) in [5, 5.41) is 7.78. The molecule has 0 saturated heterocycles. The van der Waals surface area contributed by atoms with Crippen LogP contribution in [0.3, 0.4) is 0 Å². The van der Waals surface area contributed by atoms with Crippen LogP contribution in [0.25, 0.3) is 5.70 Å². The summed E-state index contributed by atoms with van der Waals surface area (Å²) in [6.45, 7) is 0.544. The topological polar surface area (TPSA) is 61.2 Å². The van der Waals surface area contributed by atoms with Gasteiger partial charge in [0.15, 0.2) is 0 Å². The first-order valence-electron chi connectivity index (χ1n) is 10.1. The zero-order valence-electron chi connectivity index (χ0n) is 17.1. The molecule has 0 spiro atoms. The van der Waals surface area contributed by atoms with E-state index in [9.17, 15) is 0 Å². The minimum absolute atomic E-state index is 0.0703. The van der Waals surface area contributed by atoms with Crippen molar-refractivity contribution in [3.8, 4) is 11.5 Å². The third-order valence-corrected chi connectivity index (χ3v) is 5.28. The number of fused-ring (bicyclic) bond motifs is 1. The summed E-state index contributed by atoms with van der Waals surface area (Å²) in [6, 6.07) is 26.2. The Labute approximate surface area is 180 Å². The molecular formula is C25H22N4O2. The number of allylic oxidation sites excluding steroid dienone is 1. The molecule has 3 aromatic carbocycles. The molecule has 31 heavy (non-hydrogen) atoms. The molecule has 0 amide bonds. The average molecular weight is 410 g/mol. The smallest absolute Gasteiger partial charge is 0.226 e. The van der Waals surface area contributed by atoms with Crippen molar-refractivity contribution >= 4 is 11.6 Å². The number of ether oxygens (including phenoxy) is 2. The van der Waals surface area contributed by atoms with Gasteiger partial charge >= 0.3 is 0 Å². The highest BCUT2D eigenvalue weighted by Gasteiger charge is 2.23. The van der Waals surface area contributed by atoms with Crippen molar-refractivity contribution in [2.75, 3.05) is 12.4 Å². The fourth-order valence-electron chi connectivity index (χ4n) is 3.61. The fraction of sp³-hybridized carbons (Fsp3) is 0.120. The number of anilines is 1. The lowest BCUT2D eigenvalue weighted by Crippen LogP contribution is -2.20. The Morgan fingerprint density at radius 2 is 1.65 bits per heavy atom. The van der Waals surface area contributed by atoms with E-state index >= 15 is 0 Å². The van der Waals surface area contributed by atoms with Crippen LogP contribution in [0.2, 0.25) is 0 Å². The van der Waals surface area contributed by atoms with Gasteiger partial charge in [-0.15, -0.1) is 0 Å². The Morgan fingerprint density at radius 1 is 0.903 bits per heavy atom. The molecule has 6 nitrogen and oxygen atoms in total. The van der Waals surface area contributed by atoms with Crippen molar-refractivity contribution < 1.29 is 9.47 Å². The van der Waals surface area contributed by atoms with Gasteiger partial charge in [0.2, 0.25) is 5.95 Å². The summed E-state index contributed by atoms with van der Waals surface area (Å²) in [6.07, 6.45) is 3.72. The maximum absolute atomic E-state index is 5.93. The molecule has 0 saturated carbocycles. The van der Waals surface area contributed by atoms with E-state index < -0.39 is 0 Å². The van der Waals surface area contributed by atoms with Gasteiger partial charge in [0, 0.05) is 5.70 Å². The van der Waals surface area contributed by atoms with Crippen molar-refractivity contribution in [1.29, 1.82) is 0 Å². The largest absolute Gasteiger partial charge is 0.497 e. The Bertz CT molecular complexity index is 1180. The minimum Gasteiger partial charge on any atom is -0.497 e. The molecule has 1 N–H and O–H groups in total. The van der Waals surface area contributed by atoms with Gasteiger partial charge in [-0.2, -0.15) is 10.1 Å². The molecule has 1 aliphatic heterocycles. The lowest BCUT2D eigenvalue weighted by atomic mass is 10.0. The van der Waals surface area contributed by atoms with Gasteiger partial charge in [-0.1, -0.05) is 42.5 Å². The number of hydrogen-bond donors (Lipinski definition) is 1. The molecule has 0 aliphatic carbocycles. The van der Waals surface area contributed by atoms with Crippen LogP contribution >= 0.6 is 0 Å². The maximum Gasteiger partial charge on any atom is 0.226 e. The SMILES string of the molecule is COc1ccc(C2=C[C@H](c3ccc(OCc4ccccc4)cc3)n3ncnc3N2)cc1. The summed E-state index contributed by atoms with van der Waals surface area (Å²) in [5.74, 6) is 2.37. The molecule has 0 bridgehead atoms. The number of nitrogens with one attached hydrogen (secondary N) is 1. The van der Waals surface area contributed by atoms with E-state index in [2.05, 4.69) is 45.7 Å². The molecule has 4 aromatic rings. The monoisotopic (exact) mass is 410 g/mol. The van der Waals surface area contributed by atoms with E-state index in [1.165, 1.54) is 0 Å². The van der Waals surface area contributed by atoms with Crippen LogP contribution in [0.15, 0.2) is 91.3 Å². The van der Waals surface area contributed by atoms with Gasteiger partial charge < -0.3 is 14.8 Å². The average Bonchev–Trinajstić information content (AvgIpc) is 3.32. The number of nitrogens with zero attached hydrogens (tertiary/aromatic N) is 3. The molecule has 2 heterocycles. The Balaban J connectivity index is 1.39. The van der Waals surface area contributed by atoms with Crippen molar-refractivity contribution in [1.82, 2.24) is 14.8 Å². The Kier molecular flexibility index (Phi) is 5.10.